The van der Waals surface area contributed by atoms with Crippen molar-refractivity contribution in [2.75, 3.05) is 33.1 Å². The Morgan fingerprint density at radius 2 is 2.38 bits per heavy atom. The van der Waals surface area contributed by atoms with E-state index in [2.05, 4.69) is 4.74 Å². The van der Waals surface area contributed by atoms with Gasteiger partial charge in [0.25, 0.3) is 0 Å². The summed E-state index contributed by atoms with van der Waals surface area (Å²) >= 11 is 0. The molecule has 0 radical (unpaired) electrons. The van der Waals surface area contributed by atoms with Gasteiger partial charge in [-0.1, -0.05) is 0 Å². The smallest absolute Gasteiger partial charge is 0.102 e. The molecule has 0 bridgehead atoms. The van der Waals surface area contributed by atoms with Crippen LogP contribution in [0.5, 0.6) is 0 Å². The summed E-state index contributed by atoms with van der Waals surface area (Å²) < 4.78 is 79.8. The maximum atomic E-state index is 12.3. The average molecular weight is 128 g/mol. The highest BCUT2D eigenvalue weighted by molar-refractivity contribution is 4.44. The molecule has 1 rings (SSSR count). The summed E-state index contributed by atoms with van der Waals surface area (Å²) in [5.41, 5.74) is 0. The summed E-state index contributed by atoms with van der Waals surface area (Å²) in [7, 11) is 0. The molecule has 8 heavy (non-hydrogen) atoms. The highest BCUT2D eigenvalue weighted by Crippen LogP contribution is 2.02. The van der Waals surface area contributed by atoms with E-state index in [0.717, 1.165) is 0 Å². The zero-order chi connectivity index (χ0) is 15.7. The van der Waals surface area contributed by atoms with Gasteiger partial charge >= 0.3 is 0 Å². The summed E-state index contributed by atoms with van der Waals surface area (Å²) in [6.07, 6.45) is 0. The maximum Gasteiger partial charge on any atom is 0.102 e. The Labute approximate surface area is 64.5 Å². The van der Waals surface area contributed by atoms with Crippen molar-refractivity contribution in [3.05, 3.63) is 5.21 Å². The van der Waals surface area contributed by atoms with Crippen LogP contribution in [0.2, 0.25) is 0 Å². The van der Waals surface area contributed by atoms with Gasteiger partial charge in [0.15, 0.2) is 0 Å². The quantitative estimate of drug-likeness (QED) is 0.339. The fourth-order valence-electron chi connectivity index (χ4n) is 0.228. The molecule has 0 spiro atoms. The molecule has 0 unspecified atom stereocenters. The third kappa shape index (κ3) is 1.43. The fraction of sp³-hybridized carbons (Fsp3) is 1.00. The first kappa shape index (κ1) is 1.05. The first-order valence-electron chi connectivity index (χ1n) is 7.26. The first-order valence-corrected chi connectivity index (χ1v) is 1.76. The van der Waals surface area contributed by atoms with Gasteiger partial charge in [0.1, 0.15) is 13.0 Å². The third-order valence-electron chi connectivity index (χ3n) is 0.508. The van der Waals surface area contributed by atoms with Crippen molar-refractivity contribution in [1.82, 2.24) is 0 Å². The molecule has 0 amide bonds. The molecule has 0 aromatic carbocycles. The Kier molecular flexibility index (Phi) is 0.263. The second kappa shape index (κ2) is 2.01. The van der Waals surface area contributed by atoms with Crippen LogP contribution in [0.3, 0.4) is 0 Å². The normalized spacial score (nSPS) is 74.9. The highest BCUT2D eigenvalue weighted by atomic mass is 16.6. The van der Waals surface area contributed by atoms with E-state index in [1.165, 1.54) is 0 Å². The molecule has 0 aromatic rings. The molecule has 1 saturated heterocycles. The van der Waals surface area contributed by atoms with E-state index in [1.807, 2.05) is 0 Å². The number of ether oxygens (including phenoxy) is 1. The zero-order valence-corrected chi connectivity index (χ0v) is 3.76. The molecule has 3 heteroatoms. The number of likely N-dealkylation sites (N-methyl/N-ethyl adjacent to an activating group) is 1. The summed E-state index contributed by atoms with van der Waals surface area (Å²) in [6.45, 7) is -18.9. The molecule has 1 heterocycles. The van der Waals surface area contributed by atoms with Crippen molar-refractivity contribution in [3.8, 4) is 0 Å². The third-order valence-corrected chi connectivity index (χ3v) is 0.508. The van der Waals surface area contributed by atoms with Crippen LogP contribution in [0, 0.1) is 5.21 Å². The lowest BCUT2D eigenvalue weighted by molar-refractivity contribution is -0.869. The monoisotopic (exact) mass is 128 g/mol. The number of hydrogen-bond acceptors (Lipinski definition) is 2. The molecule has 1 aliphatic rings. The van der Waals surface area contributed by atoms with Gasteiger partial charge in [-0.25, -0.2) is 0 Å². The minimum absolute atomic E-state index is 3.35. The van der Waals surface area contributed by atoms with E-state index in [-0.39, 0.29) is 0 Å². The fourth-order valence-corrected chi connectivity index (χ4v) is 0.228. The lowest BCUT2D eigenvalue weighted by Crippen LogP contribution is -2.46. The van der Waals surface area contributed by atoms with E-state index in [0.29, 0.717) is 0 Å². The minimum atomic E-state index is -3.89. The maximum absolute atomic E-state index is 12.3. The lowest BCUT2D eigenvalue weighted by atomic mass is 10.4. The molecule has 48 valence electrons. The Morgan fingerprint density at radius 1 is 1.75 bits per heavy atom. The van der Waals surface area contributed by atoms with Gasteiger partial charge in [-0.3, -0.25) is 0 Å². The molecule has 1 fully saturated rings. The number of hydroxylamine groups is 3. The Hall–Kier alpha value is -0.120. The zero-order valence-electron chi connectivity index (χ0n) is 14.8. The minimum Gasteiger partial charge on any atom is -0.633 e. The van der Waals surface area contributed by atoms with Crippen LogP contribution in [0.25, 0.3) is 0 Å². The summed E-state index contributed by atoms with van der Waals surface area (Å²) in [5.74, 6) is 0. The molecule has 0 saturated carbocycles. The molecule has 0 aromatic heterocycles. The van der Waals surface area contributed by atoms with E-state index in [4.69, 9.17) is 15.1 Å². The Bertz CT molecular complexity index is 361. The lowest BCUT2D eigenvalue weighted by Gasteiger charge is -2.41. The molecule has 0 aliphatic carbocycles. The van der Waals surface area contributed by atoms with Crippen molar-refractivity contribution in [2.45, 2.75) is 0 Å². The van der Waals surface area contributed by atoms with Crippen LogP contribution in [0.1, 0.15) is 15.1 Å². The molecule has 1 aliphatic heterocycles. The molecular weight excluding hydrogens is 106 g/mol. The summed E-state index contributed by atoms with van der Waals surface area (Å²) in [4.78, 5) is 0. The van der Waals surface area contributed by atoms with Crippen LogP contribution in [-0.4, -0.2) is 37.7 Å². The van der Waals surface area contributed by atoms with Gasteiger partial charge < -0.3 is 14.6 Å². The van der Waals surface area contributed by atoms with Crippen molar-refractivity contribution in [1.29, 1.82) is 0 Å². The predicted octanol–water partition coefficient (Wildman–Crippen LogP) is -0.0390. The molecular formula is C5H11NO2. The molecule has 0 N–H and O–H groups in total. The van der Waals surface area contributed by atoms with Gasteiger partial charge in [-0.05, 0) is 0 Å². The highest BCUT2D eigenvalue weighted by Gasteiger charge is 2.13. The predicted molar refractivity (Wildman–Crippen MR) is 30.1 cm³/mol. The number of quaternary nitrogens is 1. The second-order valence-electron chi connectivity index (χ2n) is 1.14. The van der Waals surface area contributed by atoms with Crippen molar-refractivity contribution < 1.29 is 24.5 Å². The van der Waals surface area contributed by atoms with Gasteiger partial charge in [0.2, 0.25) is 0 Å². The van der Waals surface area contributed by atoms with Gasteiger partial charge in [0.05, 0.1) is 35.2 Å². The largest absolute Gasteiger partial charge is 0.633 e. The van der Waals surface area contributed by atoms with Gasteiger partial charge in [-0.2, -0.15) is 0 Å². The van der Waals surface area contributed by atoms with E-state index >= 15 is 0 Å². The summed E-state index contributed by atoms with van der Waals surface area (Å²) in [6, 6.07) is 0. The standard InChI is InChI=1S/C5H11NO2/c1-6(7)2-4-8-5-3-6/h2-5H2,1H3/i1D3,2D2,3D2,4D2,5D2. The second-order valence-corrected chi connectivity index (χ2v) is 1.14. The SMILES string of the molecule is [2H]C1([2H])OC([2H])([2H])C([2H])([2H])[N+]([O-])(C([2H])([2H])[2H])C1([2H])[2H]. The van der Waals surface area contributed by atoms with Crippen molar-refractivity contribution in [3.63, 3.8) is 0 Å². The molecule has 0 atom stereocenters. The number of hydrogen-bond donors (Lipinski definition) is 0. The average Bonchev–Trinajstić information content (AvgIpc) is 2.10. The Balaban J connectivity index is 3.70. The van der Waals surface area contributed by atoms with Gasteiger partial charge in [0, 0.05) is 0 Å². The van der Waals surface area contributed by atoms with Crippen LogP contribution in [-0.2, 0) is 4.74 Å². The van der Waals surface area contributed by atoms with Crippen molar-refractivity contribution in [2.24, 2.45) is 0 Å². The number of nitrogens with zero attached hydrogens (tertiary/aromatic N) is 1. The van der Waals surface area contributed by atoms with E-state index in [1.54, 1.807) is 0 Å². The van der Waals surface area contributed by atoms with E-state index in [9.17, 15) is 5.21 Å². The van der Waals surface area contributed by atoms with Crippen LogP contribution in [0.4, 0.5) is 0 Å². The topological polar surface area (TPSA) is 32.3 Å². The van der Waals surface area contributed by atoms with Crippen LogP contribution >= 0.6 is 0 Å². The van der Waals surface area contributed by atoms with Crippen LogP contribution < -0.4 is 0 Å². The Morgan fingerprint density at radius 3 is 2.88 bits per heavy atom. The summed E-state index contributed by atoms with van der Waals surface area (Å²) in [5, 5.41) is 12.3. The van der Waals surface area contributed by atoms with Crippen LogP contribution in [0.15, 0.2) is 0 Å². The molecule has 3 nitrogen and oxygen atoms in total. The number of morpholine rings is 1. The first-order chi connectivity index (χ1) is 7.96. The van der Waals surface area contributed by atoms with Gasteiger partial charge in [-0.15, -0.1) is 0 Å². The van der Waals surface area contributed by atoms with E-state index < -0.39 is 37.7 Å². The van der Waals surface area contributed by atoms with Crippen molar-refractivity contribution >= 4 is 0 Å². The number of rotatable bonds is 0.